The number of aliphatic hydroxyl groups is 2. The van der Waals surface area contributed by atoms with Crippen molar-refractivity contribution in [1.82, 2.24) is 5.32 Å². The summed E-state index contributed by atoms with van der Waals surface area (Å²) in [4.78, 5) is 10.8. The molecule has 1 amide bonds. The average Bonchev–Trinajstić information content (AvgIpc) is 2.03. The maximum atomic E-state index is 10.8. The molecule has 1 aliphatic heterocycles. The molecule has 0 radical (unpaired) electrons. The quantitative estimate of drug-likeness (QED) is 0.484. The molecule has 2 atom stereocenters. The Morgan fingerprint density at radius 2 is 2.45 bits per heavy atom. The van der Waals surface area contributed by atoms with E-state index in [1.165, 1.54) is 0 Å². The fourth-order valence-electron chi connectivity index (χ4n) is 1.25. The first-order valence-corrected chi connectivity index (χ1v) is 3.82. The monoisotopic (exact) mass is 159 g/mol. The molecule has 1 aliphatic rings. The van der Waals surface area contributed by atoms with Gasteiger partial charge in [0.2, 0.25) is 5.91 Å². The second kappa shape index (κ2) is 3.69. The summed E-state index contributed by atoms with van der Waals surface area (Å²) in [5, 5.41) is 20.3. The normalized spacial score (nSPS) is 27.8. The van der Waals surface area contributed by atoms with Crippen LogP contribution in [0.5, 0.6) is 0 Å². The van der Waals surface area contributed by atoms with Crippen LogP contribution in [0.1, 0.15) is 19.3 Å². The number of carbonyl (C=O) groups excluding carboxylic acids is 1. The maximum absolute atomic E-state index is 10.8. The summed E-state index contributed by atoms with van der Waals surface area (Å²) in [6.45, 7) is -0.287. The number of piperidine rings is 1. The molecule has 0 aromatic carbocycles. The van der Waals surface area contributed by atoms with E-state index >= 15 is 0 Å². The van der Waals surface area contributed by atoms with Gasteiger partial charge in [0.25, 0.3) is 0 Å². The minimum absolute atomic E-state index is 0.0336. The number of nitrogens with one attached hydrogen (secondary N) is 1. The number of hydrogen-bond donors (Lipinski definition) is 3. The molecule has 0 saturated carbocycles. The minimum Gasteiger partial charge on any atom is -0.394 e. The number of carbonyl (C=O) groups is 1. The molecule has 0 aromatic rings. The molecule has 0 aliphatic carbocycles. The van der Waals surface area contributed by atoms with E-state index in [4.69, 9.17) is 10.2 Å². The third-order valence-electron chi connectivity index (χ3n) is 1.92. The molecular formula is C7H13NO3. The van der Waals surface area contributed by atoms with Gasteiger partial charge < -0.3 is 15.5 Å². The third kappa shape index (κ3) is 2.17. The number of hydrogen-bond acceptors (Lipinski definition) is 3. The van der Waals surface area contributed by atoms with Crippen LogP contribution in [0.25, 0.3) is 0 Å². The van der Waals surface area contributed by atoms with Crippen molar-refractivity contribution in [1.29, 1.82) is 0 Å². The zero-order chi connectivity index (χ0) is 8.27. The van der Waals surface area contributed by atoms with Crippen molar-refractivity contribution < 1.29 is 15.0 Å². The molecule has 1 heterocycles. The van der Waals surface area contributed by atoms with Gasteiger partial charge in [0.05, 0.1) is 18.8 Å². The molecule has 0 aromatic heterocycles. The van der Waals surface area contributed by atoms with Gasteiger partial charge in [-0.2, -0.15) is 0 Å². The van der Waals surface area contributed by atoms with Gasteiger partial charge >= 0.3 is 0 Å². The number of aliphatic hydroxyl groups excluding tert-OH is 2. The first-order chi connectivity index (χ1) is 5.24. The lowest BCUT2D eigenvalue weighted by Crippen LogP contribution is -2.47. The SMILES string of the molecule is O=C1CCC[C@H]([C@H](O)CO)N1. The number of rotatable bonds is 2. The predicted molar refractivity (Wildman–Crippen MR) is 38.9 cm³/mol. The lowest BCUT2D eigenvalue weighted by atomic mass is 10.00. The highest BCUT2D eigenvalue weighted by Gasteiger charge is 2.23. The summed E-state index contributed by atoms with van der Waals surface area (Å²) in [6.07, 6.45) is 1.29. The molecule has 0 unspecified atom stereocenters. The summed E-state index contributed by atoms with van der Waals surface area (Å²) < 4.78 is 0. The zero-order valence-corrected chi connectivity index (χ0v) is 6.29. The molecule has 1 rings (SSSR count). The van der Waals surface area contributed by atoms with Gasteiger partial charge in [-0.3, -0.25) is 4.79 Å². The molecule has 4 heteroatoms. The molecule has 3 N–H and O–H groups in total. The summed E-state index contributed by atoms with van der Waals surface area (Å²) in [5.74, 6) is -0.0336. The van der Waals surface area contributed by atoms with E-state index in [9.17, 15) is 4.79 Å². The Kier molecular flexibility index (Phi) is 2.84. The summed E-state index contributed by atoms with van der Waals surface area (Å²) in [5.41, 5.74) is 0. The topological polar surface area (TPSA) is 69.6 Å². The van der Waals surface area contributed by atoms with Gasteiger partial charge in [0.15, 0.2) is 0 Å². The smallest absolute Gasteiger partial charge is 0.220 e. The van der Waals surface area contributed by atoms with Crippen molar-refractivity contribution in [2.24, 2.45) is 0 Å². The lowest BCUT2D eigenvalue weighted by Gasteiger charge is -2.26. The third-order valence-corrected chi connectivity index (χ3v) is 1.92. The second-order valence-corrected chi connectivity index (χ2v) is 2.82. The highest BCUT2D eigenvalue weighted by molar-refractivity contribution is 5.77. The van der Waals surface area contributed by atoms with E-state index in [0.717, 1.165) is 12.8 Å². The van der Waals surface area contributed by atoms with E-state index < -0.39 is 6.10 Å². The molecule has 0 bridgehead atoms. The van der Waals surface area contributed by atoms with Gasteiger partial charge in [-0.05, 0) is 12.8 Å². The predicted octanol–water partition coefficient (Wildman–Crippen LogP) is -0.992. The number of amides is 1. The molecule has 0 spiro atoms. The van der Waals surface area contributed by atoms with Crippen LogP contribution < -0.4 is 5.32 Å². The Morgan fingerprint density at radius 3 is 3.00 bits per heavy atom. The van der Waals surface area contributed by atoms with Gasteiger partial charge in [-0.15, -0.1) is 0 Å². The average molecular weight is 159 g/mol. The molecule has 4 nitrogen and oxygen atoms in total. The molecule has 1 fully saturated rings. The first-order valence-electron chi connectivity index (χ1n) is 3.82. The molecule has 1 saturated heterocycles. The van der Waals surface area contributed by atoms with Crippen molar-refractivity contribution in [2.45, 2.75) is 31.4 Å². The maximum Gasteiger partial charge on any atom is 0.220 e. The van der Waals surface area contributed by atoms with E-state index in [2.05, 4.69) is 5.32 Å². The van der Waals surface area contributed by atoms with Gasteiger partial charge in [-0.25, -0.2) is 0 Å². The van der Waals surface area contributed by atoms with Gasteiger partial charge in [-0.1, -0.05) is 0 Å². The summed E-state index contributed by atoms with van der Waals surface area (Å²) in [7, 11) is 0. The van der Waals surface area contributed by atoms with Crippen molar-refractivity contribution >= 4 is 5.91 Å². The van der Waals surface area contributed by atoms with Crippen LogP contribution in [0.3, 0.4) is 0 Å². The Morgan fingerprint density at radius 1 is 1.73 bits per heavy atom. The first kappa shape index (κ1) is 8.49. The van der Waals surface area contributed by atoms with Crippen molar-refractivity contribution in [3.8, 4) is 0 Å². The van der Waals surface area contributed by atoms with Crippen LogP contribution in [0.2, 0.25) is 0 Å². The molecule has 64 valence electrons. The zero-order valence-electron chi connectivity index (χ0n) is 6.29. The van der Waals surface area contributed by atoms with Crippen LogP contribution in [0, 0.1) is 0 Å². The van der Waals surface area contributed by atoms with Gasteiger partial charge in [0, 0.05) is 6.42 Å². The minimum atomic E-state index is -0.806. The lowest BCUT2D eigenvalue weighted by molar-refractivity contribution is -0.124. The standard InChI is InChI=1S/C7H13NO3/c9-4-6(10)5-2-1-3-7(11)8-5/h5-6,9-10H,1-4H2,(H,8,11)/t5-,6-/m1/s1. The van der Waals surface area contributed by atoms with Crippen molar-refractivity contribution in [3.05, 3.63) is 0 Å². The largest absolute Gasteiger partial charge is 0.394 e. The Hall–Kier alpha value is -0.610. The van der Waals surface area contributed by atoms with E-state index in [1.807, 2.05) is 0 Å². The van der Waals surface area contributed by atoms with Crippen molar-refractivity contribution in [2.75, 3.05) is 6.61 Å². The van der Waals surface area contributed by atoms with E-state index in [-0.39, 0.29) is 18.6 Å². The summed E-state index contributed by atoms with van der Waals surface area (Å²) >= 11 is 0. The fraction of sp³-hybridized carbons (Fsp3) is 0.857. The van der Waals surface area contributed by atoms with E-state index in [1.54, 1.807) is 0 Å². The summed E-state index contributed by atoms with van der Waals surface area (Å²) in [6, 6.07) is -0.249. The second-order valence-electron chi connectivity index (χ2n) is 2.82. The Balaban J connectivity index is 2.39. The van der Waals surface area contributed by atoms with Gasteiger partial charge in [0.1, 0.15) is 0 Å². The highest BCUT2D eigenvalue weighted by Crippen LogP contribution is 2.10. The Labute approximate surface area is 65.2 Å². The van der Waals surface area contributed by atoms with Crippen molar-refractivity contribution in [3.63, 3.8) is 0 Å². The van der Waals surface area contributed by atoms with Crippen LogP contribution in [-0.4, -0.2) is 34.9 Å². The van der Waals surface area contributed by atoms with Crippen LogP contribution in [0.15, 0.2) is 0 Å². The molecular weight excluding hydrogens is 146 g/mol. The van der Waals surface area contributed by atoms with Crippen LogP contribution in [0.4, 0.5) is 0 Å². The highest BCUT2D eigenvalue weighted by atomic mass is 16.3. The fourth-order valence-corrected chi connectivity index (χ4v) is 1.25. The van der Waals surface area contributed by atoms with Crippen LogP contribution in [-0.2, 0) is 4.79 Å². The van der Waals surface area contributed by atoms with E-state index in [0.29, 0.717) is 6.42 Å². The van der Waals surface area contributed by atoms with Crippen LogP contribution >= 0.6 is 0 Å². The Bertz CT molecular complexity index is 149. The molecule has 11 heavy (non-hydrogen) atoms.